The Labute approximate surface area is 101 Å². The Hall–Kier alpha value is -1.14. The standard InChI is InChI=1S/C13H16N2S/c1-11-9-13(4-3-12(11)10-14)15-5-2-7-16-8-6-15/h3-4,9H,2,5-8H2,1H3. The van der Waals surface area contributed by atoms with E-state index in [1.807, 2.05) is 24.8 Å². The zero-order chi connectivity index (χ0) is 11.4. The van der Waals surface area contributed by atoms with Crippen LogP contribution in [0, 0.1) is 18.3 Å². The summed E-state index contributed by atoms with van der Waals surface area (Å²) in [6.07, 6.45) is 1.25. The number of nitriles is 1. The lowest BCUT2D eigenvalue weighted by Gasteiger charge is -2.22. The van der Waals surface area contributed by atoms with Crippen molar-refractivity contribution in [1.29, 1.82) is 5.26 Å². The lowest BCUT2D eigenvalue weighted by atomic mass is 10.1. The molecule has 0 spiro atoms. The van der Waals surface area contributed by atoms with Gasteiger partial charge in [-0.2, -0.15) is 17.0 Å². The molecule has 2 rings (SSSR count). The Morgan fingerprint density at radius 3 is 2.94 bits per heavy atom. The van der Waals surface area contributed by atoms with E-state index in [0.717, 1.165) is 24.2 Å². The second kappa shape index (κ2) is 5.27. The Morgan fingerprint density at radius 2 is 2.19 bits per heavy atom. The molecule has 1 saturated heterocycles. The van der Waals surface area contributed by atoms with Gasteiger partial charge in [0, 0.05) is 24.5 Å². The number of aryl methyl sites for hydroxylation is 1. The third kappa shape index (κ3) is 2.51. The molecule has 1 aromatic rings. The van der Waals surface area contributed by atoms with Crippen LogP contribution < -0.4 is 4.90 Å². The number of benzene rings is 1. The van der Waals surface area contributed by atoms with Crippen LogP contribution in [0.25, 0.3) is 0 Å². The molecular weight excluding hydrogens is 216 g/mol. The summed E-state index contributed by atoms with van der Waals surface area (Å²) in [4.78, 5) is 2.42. The second-order valence-electron chi connectivity index (χ2n) is 4.06. The quantitative estimate of drug-likeness (QED) is 0.745. The molecule has 0 aliphatic carbocycles. The first-order valence-electron chi connectivity index (χ1n) is 5.65. The number of nitrogens with zero attached hydrogens (tertiary/aromatic N) is 2. The molecule has 0 unspecified atom stereocenters. The molecule has 0 radical (unpaired) electrons. The van der Waals surface area contributed by atoms with E-state index in [-0.39, 0.29) is 0 Å². The minimum Gasteiger partial charge on any atom is -0.371 e. The van der Waals surface area contributed by atoms with Crippen molar-refractivity contribution in [3.8, 4) is 6.07 Å². The van der Waals surface area contributed by atoms with Crippen LogP contribution in [0.2, 0.25) is 0 Å². The van der Waals surface area contributed by atoms with Crippen LogP contribution in [0.5, 0.6) is 0 Å². The van der Waals surface area contributed by atoms with Crippen molar-refractivity contribution in [2.45, 2.75) is 13.3 Å². The van der Waals surface area contributed by atoms with Gasteiger partial charge in [0.25, 0.3) is 0 Å². The Morgan fingerprint density at radius 1 is 1.31 bits per heavy atom. The van der Waals surface area contributed by atoms with Gasteiger partial charge in [-0.1, -0.05) is 0 Å². The zero-order valence-corrected chi connectivity index (χ0v) is 10.4. The summed E-state index contributed by atoms with van der Waals surface area (Å²) in [6, 6.07) is 8.35. The summed E-state index contributed by atoms with van der Waals surface area (Å²) >= 11 is 2.03. The summed E-state index contributed by atoms with van der Waals surface area (Å²) < 4.78 is 0. The van der Waals surface area contributed by atoms with Gasteiger partial charge in [0.2, 0.25) is 0 Å². The molecule has 1 aliphatic heterocycles. The number of rotatable bonds is 1. The predicted molar refractivity (Wildman–Crippen MR) is 70.0 cm³/mol. The average Bonchev–Trinajstić information content (AvgIpc) is 2.57. The van der Waals surface area contributed by atoms with E-state index >= 15 is 0 Å². The first kappa shape index (κ1) is 11.3. The van der Waals surface area contributed by atoms with Crippen LogP contribution >= 0.6 is 11.8 Å². The van der Waals surface area contributed by atoms with Crippen molar-refractivity contribution < 1.29 is 0 Å². The van der Waals surface area contributed by atoms with Gasteiger partial charge >= 0.3 is 0 Å². The lowest BCUT2D eigenvalue weighted by molar-refractivity contribution is 0.816. The zero-order valence-electron chi connectivity index (χ0n) is 9.57. The molecular formula is C13H16N2S. The third-order valence-corrected chi connectivity index (χ3v) is 3.97. The van der Waals surface area contributed by atoms with Crippen molar-refractivity contribution in [2.24, 2.45) is 0 Å². The highest BCUT2D eigenvalue weighted by Gasteiger charge is 2.10. The van der Waals surface area contributed by atoms with Gasteiger partial charge in [-0.25, -0.2) is 0 Å². The highest BCUT2D eigenvalue weighted by molar-refractivity contribution is 7.99. The Balaban J connectivity index is 2.20. The predicted octanol–water partition coefficient (Wildman–Crippen LogP) is 2.81. The van der Waals surface area contributed by atoms with Crippen LogP contribution in [0.1, 0.15) is 17.5 Å². The van der Waals surface area contributed by atoms with Gasteiger partial charge in [-0.3, -0.25) is 0 Å². The first-order chi connectivity index (χ1) is 7.81. The summed E-state index contributed by atoms with van der Waals surface area (Å²) in [5, 5.41) is 8.90. The van der Waals surface area contributed by atoms with Crippen LogP contribution in [-0.4, -0.2) is 24.6 Å². The Bertz CT molecular complexity index is 401. The molecule has 0 amide bonds. The minimum atomic E-state index is 0.785. The van der Waals surface area contributed by atoms with Gasteiger partial charge in [-0.15, -0.1) is 0 Å². The molecule has 2 nitrogen and oxygen atoms in total. The lowest BCUT2D eigenvalue weighted by Crippen LogP contribution is -2.25. The summed E-state index contributed by atoms with van der Waals surface area (Å²) in [6.45, 7) is 4.27. The molecule has 0 saturated carbocycles. The summed E-state index contributed by atoms with van der Waals surface area (Å²) in [7, 11) is 0. The van der Waals surface area contributed by atoms with Crippen molar-refractivity contribution in [3.63, 3.8) is 0 Å². The van der Waals surface area contributed by atoms with Crippen LogP contribution in [-0.2, 0) is 0 Å². The molecule has 1 aromatic carbocycles. The smallest absolute Gasteiger partial charge is 0.0994 e. The molecule has 84 valence electrons. The summed E-state index contributed by atoms with van der Waals surface area (Å²) in [5.41, 5.74) is 3.13. The number of thioether (sulfide) groups is 1. The van der Waals surface area contributed by atoms with Gasteiger partial charge in [0.15, 0.2) is 0 Å². The number of hydrogen-bond acceptors (Lipinski definition) is 3. The highest BCUT2D eigenvalue weighted by atomic mass is 32.2. The molecule has 0 bridgehead atoms. The third-order valence-electron chi connectivity index (χ3n) is 2.92. The van der Waals surface area contributed by atoms with Crippen LogP contribution in [0.15, 0.2) is 18.2 Å². The maximum Gasteiger partial charge on any atom is 0.0994 e. The number of hydrogen-bond donors (Lipinski definition) is 0. The fourth-order valence-corrected chi connectivity index (χ4v) is 2.86. The maximum absolute atomic E-state index is 8.90. The number of anilines is 1. The topological polar surface area (TPSA) is 27.0 Å². The molecule has 1 heterocycles. The van der Waals surface area contributed by atoms with Crippen molar-refractivity contribution in [1.82, 2.24) is 0 Å². The van der Waals surface area contributed by atoms with E-state index in [1.165, 1.54) is 23.6 Å². The van der Waals surface area contributed by atoms with Gasteiger partial charge in [0.05, 0.1) is 11.6 Å². The second-order valence-corrected chi connectivity index (χ2v) is 5.29. The maximum atomic E-state index is 8.90. The molecule has 1 aliphatic rings. The monoisotopic (exact) mass is 232 g/mol. The van der Waals surface area contributed by atoms with Crippen molar-refractivity contribution in [2.75, 3.05) is 29.5 Å². The molecule has 0 atom stereocenters. The minimum absolute atomic E-state index is 0.785. The van der Waals surface area contributed by atoms with Gasteiger partial charge in [-0.05, 0) is 42.9 Å². The van der Waals surface area contributed by atoms with Crippen LogP contribution in [0.4, 0.5) is 5.69 Å². The van der Waals surface area contributed by atoms with E-state index < -0.39 is 0 Å². The Kier molecular flexibility index (Phi) is 3.74. The normalized spacial score (nSPS) is 16.6. The summed E-state index contributed by atoms with van der Waals surface area (Å²) in [5.74, 6) is 2.48. The van der Waals surface area contributed by atoms with E-state index in [2.05, 4.69) is 23.1 Å². The fourth-order valence-electron chi connectivity index (χ4n) is 1.97. The van der Waals surface area contributed by atoms with Gasteiger partial charge < -0.3 is 4.90 Å². The molecule has 0 aromatic heterocycles. The average molecular weight is 232 g/mol. The molecule has 1 fully saturated rings. The van der Waals surface area contributed by atoms with Gasteiger partial charge in [0.1, 0.15) is 0 Å². The van der Waals surface area contributed by atoms with E-state index in [1.54, 1.807) is 0 Å². The van der Waals surface area contributed by atoms with Crippen LogP contribution in [0.3, 0.4) is 0 Å². The SMILES string of the molecule is Cc1cc(N2CCCSCC2)ccc1C#N. The fraction of sp³-hybridized carbons (Fsp3) is 0.462. The van der Waals surface area contributed by atoms with Crippen molar-refractivity contribution >= 4 is 17.4 Å². The molecule has 16 heavy (non-hydrogen) atoms. The largest absolute Gasteiger partial charge is 0.371 e. The van der Waals surface area contributed by atoms with E-state index in [0.29, 0.717) is 0 Å². The highest BCUT2D eigenvalue weighted by Crippen LogP contribution is 2.21. The molecule has 0 N–H and O–H groups in total. The van der Waals surface area contributed by atoms with E-state index in [9.17, 15) is 0 Å². The molecule has 3 heteroatoms. The van der Waals surface area contributed by atoms with Crippen molar-refractivity contribution in [3.05, 3.63) is 29.3 Å². The first-order valence-corrected chi connectivity index (χ1v) is 6.80. The van der Waals surface area contributed by atoms with E-state index in [4.69, 9.17) is 5.26 Å².